The van der Waals surface area contributed by atoms with Gasteiger partial charge in [-0.25, -0.2) is 0 Å². The zero-order valence-corrected chi connectivity index (χ0v) is 18.9. The van der Waals surface area contributed by atoms with Crippen molar-refractivity contribution in [3.63, 3.8) is 0 Å². The van der Waals surface area contributed by atoms with Crippen LogP contribution in [-0.4, -0.2) is 32.7 Å². The Morgan fingerprint density at radius 2 is 1.52 bits per heavy atom. The summed E-state index contributed by atoms with van der Waals surface area (Å²) in [6, 6.07) is 19.0. The van der Waals surface area contributed by atoms with Crippen LogP contribution in [0.4, 0.5) is 5.69 Å². The smallest absolute Gasteiger partial charge is 0.311 e. The number of anilines is 1. The lowest BCUT2D eigenvalue weighted by molar-refractivity contribution is -0.134. The van der Waals surface area contributed by atoms with Crippen molar-refractivity contribution in [2.45, 2.75) is 19.8 Å². The Kier molecular flexibility index (Phi) is 8.30. The van der Waals surface area contributed by atoms with Crippen molar-refractivity contribution in [3.05, 3.63) is 77.9 Å². The van der Waals surface area contributed by atoms with Crippen molar-refractivity contribution in [2.24, 2.45) is 0 Å². The van der Waals surface area contributed by atoms with Crippen molar-refractivity contribution in [2.75, 3.05) is 26.1 Å². The fraction of sp³-hybridized carbons (Fsp3) is 0.231. The van der Waals surface area contributed by atoms with Gasteiger partial charge in [0.05, 0.1) is 20.8 Å². The van der Waals surface area contributed by atoms with Crippen molar-refractivity contribution < 1.29 is 28.5 Å². The van der Waals surface area contributed by atoms with E-state index in [2.05, 4.69) is 5.32 Å². The van der Waals surface area contributed by atoms with E-state index in [1.807, 2.05) is 25.1 Å². The molecule has 0 radical (unpaired) electrons. The van der Waals surface area contributed by atoms with Crippen LogP contribution in [-0.2, 0) is 11.2 Å². The summed E-state index contributed by atoms with van der Waals surface area (Å²) in [5, 5.41) is 2.81. The van der Waals surface area contributed by atoms with Crippen LogP contribution in [0, 0.1) is 0 Å². The van der Waals surface area contributed by atoms with Crippen LogP contribution in [0.1, 0.15) is 29.3 Å². The summed E-state index contributed by atoms with van der Waals surface area (Å²) in [7, 11) is 3.16. The highest BCUT2D eigenvalue weighted by Crippen LogP contribution is 2.28. The molecule has 0 aromatic heterocycles. The topological polar surface area (TPSA) is 83.1 Å². The Hall–Kier alpha value is -4.00. The van der Waals surface area contributed by atoms with Gasteiger partial charge in [-0.2, -0.15) is 0 Å². The molecule has 3 aromatic rings. The average molecular weight is 450 g/mol. The van der Waals surface area contributed by atoms with E-state index in [-0.39, 0.29) is 18.3 Å². The minimum absolute atomic E-state index is 0.205. The largest absolute Gasteiger partial charge is 0.497 e. The lowest BCUT2D eigenvalue weighted by Crippen LogP contribution is -2.12. The van der Waals surface area contributed by atoms with Crippen molar-refractivity contribution in [1.82, 2.24) is 0 Å². The number of rotatable bonds is 10. The molecule has 172 valence electrons. The highest BCUT2D eigenvalue weighted by atomic mass is 16.5. The summed E-state index contributed by atoms with van der Waals surface area (Å²) >= 11 is 0. The third-order valence-electron chi connectivity index (χ3n) is 4.84. The van der Waals surface area contributed by atoms with E-state index in [1.54, 1.807) is 62.8 Å². The van der Waals surface area contributed by atoms with Crippen LogP contribution < -0.4 is 24.3 Å². The quantitative estimate of drug-likeness (QED) is 0.350. The molecule has 0 fully saturated rings. The van der Waals surface area contributed by atoms with Gasteiger partial charge in [0, 0.05) is 17.7 Å². The van der Waals surface area contributed by atoms with Gasteiger partial charge in [-0.05, 0) is 79.6 Å². The van der Waals surface area contributed by atoms with Gasteiger partial charge in [0.25, 0.3) is 5.91 Å². The number of methoxy groups -OCH3 is 2. The van der Waals surface area contributed by atoms with E-state index in [0.29, 0.717) is 47.3 Å². The maximum Gasteiger partial charge on any atom is 0.311 e. The highest BCUT2D eigenvalue weighted by molar-refractivity contribution is 6.04. The molecule has 0 saturated heterocycles. The number of amides is 1. The Morgan fingerprint density at radius 1 is 0.818 bits per heavy atom. The fourth-order valence-corrected chi connectivity index (χ4v) is 3.12. The molecule has 1 N–H and O–H groups in total. The maximum absolute atomic E-state index is 12.4. The number of ether oxygens (including phenoxy) is 4. The lowest BCUT2D eigenvalue weighted by Gasteiger charge is -2.11. The van der Waals surface area contributed by atoms with Gasteiger partial charge in [0.1, 0.15) is 11.5 Å². The summed E-state index contributed by atoms with van der Waals surface area (Å²) in [4.78, 5) is 24.7. The first-order valence-electron chi connectivity index (χ1n) is 10.6. The Morgan fingerprint density at radius 3 is 2.15 bits per heavy atom. The second-order valence-electron chi connectivity index (χ2n) is 7.10. The molecular formula is C26H27NO6. The van der Waals surface area contributed by atoms with E-state index in [4.69, 9.17) is 18.9 Å². The second kappa shape index (κ2) is 11.6. The Labute approximate surface area is 193 Å². The zero-order valence-electron chi connectivity index (χ0n) is 18.9. The number of nitrogens with one attached hydrogen (secondary N) is 1. The molecule has 0 heterocycles. The highest BCUT2D eigenvalue weighted by Gasteiger charge is 2.11. The molecule has 0 atom stereocenters. The molecule has 33 heavy (non-hydrogen) atoms. The molecule has 0 saturated carbocycles. The third-order valence-corrected chi connectivity index (χ3v) is 4.84. The molecule has 1 amide bonds. The first-order chi connectivity index (χ1) is 16.0. The Balaban J connectivity index is 1.51. The number of benzene rings is 3. The zero-order chi connectivity index (χ0) is 23.6. The summed E-state index contributed by atoms with van der Waals surface area (Å²) < 4.78 is 21.3. The van der Waals surface area contributed by atoms with E-state index in [0.717, 1.165) is 5.56 Å². The normalized spacial score (nSPS) is 10.3. The van der Waals surface area contributed by atoms with Crippen LogP contribution in [0.5, 0.6) is 23.0 Å². The average Bonchev–Trinajstić information content (AvgIpc) is 2.84. The monoisotopic (exact) mass is 449 g/mol. The first-order valence-corrected chi connectivity index (χ1v) is 10.6. The molecular weight excluding hydrogens is 422 g/mol. The summed E-state index contributed by atoms with van der Waals surface area (Å²) in [6.45, 7) is 2.45. The van der Waals surface area contributed by atoms with Crippen LogP contribution in [0.3, 0.4) is 0 Å². The van der Waals surface area contributed by atoms with Gasteiger partial charge in [-0.3, -0.25) is 9.59 Å². The van der Waals surface area contributed by atoms with Crippen LogP contribution in [0.15, 0.2) is 66.7 Å². The van der Waals surface area contributed by atoms with Crippen molar-refractivity contribution in [3.8, 4) is 23.0 Å². The molecule has 7 nitrogen and oxygen atoms in total. The van der Waals surface area contributed by atoms with Crippen molar-refractivity contribution >= 4 is 17.6 Å². The number of hydrogen-bond donors (Lipinski definition) is 1. The van der Waals surface area contributed by atoms with Gasteiger partial charge < -0.3 is 24.3 Å². The molecule has 0 aliphatic heterocycles. The van der Waals surface area contributed by atoms with Gasteiger partial charge in [0.15, 0.2) is 11.5 Å². The number of aryl methyl sites for hydroxylation is 1. The van der Waals surface area contributed by atoms with E-state index >= 15 is 0 Å². The minimum Gasteiger partial charge on any atom is -0.497 e. The maximum atomic E-state index is 12.4. The molecule has 7 heteroatoms. The fourth-order valence-electron chi connectivity index (χ4n) is 3.12. The van der Waals surface area contributed by atoms with Crippen LogP contribution >= 0.6 is 0 Å². The van der Waals surface area contributed by atoms with Crippen LogP contribution in [0.25, 0.3) is 0 Å². The summed E-state index contributed by atoms with van der Waals surface area (Å²) in [5.74, 6) is 1.76. The first kappa shape index (κ1) is 23.7. The summed E-state index contributed by atoms with van der Waals surface area (Å²) in [6.07, 6.45) is 0.709. The third kappa shape index (κ3) is 6.74. The SMILES string of the molecule is CCOc1ccc(CCC(=O)Oc2ccc(C(=O)Nc3ccc(OC)cc3)cc2)cc1OC. The standard InChI is InChI=1S/C26H27NO6/c1-4-32-23-15-5-18(17-24(23)31-3)6-16-25(28)33-22-11-7-19(8-12-22)26(29)27-20-9-13-21(30-2)14-10-20/h5,7-15,17H,4,6,16H2,1-3H3,(H,27,29). The van der Waals surface area contributed by atoms with Gasteiger partial charge in [0.2, 0.25) is 0 Å². The van der Waals surface area contributed by atoms with Crippen molar-refractivity contribution in [1.29, 1.82) is 0 Å². The minimum atomic E-state index is -0.363. The van der Waals surface area contributed by atoms with Gasteiger partial charge in [-0.1, -0.05) is 6.07 Å². The predicted octanol–water partition coefficient (Wildman–Crippen LogP) is 4.89. The lowest BCUT2D eigenvalue weighted by atomic mass is 10.1. The van der Waals surface area contributed by atoms with Gasteiger partial charge in [-0.15, -0.1) is 0 Å². The molecule has 0 aliphatic rings. The van der Waals surface area contributed by atoms with E-state index in [9.17, 15) is 9.59 Å². The number of carbonyl (C=O) groups excluding carboxylic acids is 2. The molecule has 0 aliphatic carbocycles. The molecule has 3 rings (SSSR count). The predicted molar refractivity (Wildman–Crippen MR) is 126 cm³/mol. The Bertz CT molecular complexity index is 1080. The van der Waals surface area contributed by atoms with E-state index in [1.165, 1.54) is 0 Å². The second-order valence-corrected chi connectivity index (χ2v) is 7.10. The molecule has 0 unspecified atom stereocenters. The van der Waals surface area contributed by atoms with E-state index < -0.39 is 0 Å². The number of esters is 1. The summed E-state index contributed by atoms with van der Waals surface area (Å²) in [5.41, 5.74) is 2.05. The van der Waals surface area contributed by atoms with Crippen LogP contribution in [0.2, 0.25) is 0 Å². The molecule has 0 bridgehead atoms. The number of hydrogen-bond acceptors (Lipinski definition) is 6. The number of carbonyl (C=O) groups is 2. The molecule has 0 spiro atoms. The van der Waals surface area contributed by atoms with Gasteiger partial charge >= 0.3 is 5.97 Å². The molecule has 3 aromatic carbocycles.